The predicted octanol–water partition coefficient (Wildman–Crippen LogP) is 2.84. The first-order valence-corrected chi connectivity index (χ1v) is 9.43. The highest BCUT2D eigenvalue weighted by Crippen LogP contribution is 2.27. The molecule has 1 unspecified atom stereocenters. The lowest BCUT2D eigenvalue weighted by Crippen LogP contribution is -2.59. The highest BCUT2D eigenvalue weighted by Gasteiger charge is 2.51. The number of hydrogen-bond acceptors (Lipinski definition) is 4. The molecule has 1 heterocycles. The van der Waals surface area contributed by atoms with Crippen molar-refractivity contribution in [2.45, 2.75) is 57.5 Å². The van der Waals surface area contributed by atoms with E-state index in [0.29, 0.717) is 5.67 Å². The lowest BCUT2D eigenvalue weighted by Gasteiger charge is -2.35. The first-order valence-electron chi connectivity index (χ1n) is 7.63. The van der Waals surface area contributed by atoms with Gasteiger partial charge in [0.15, 0.2) is 0 Å². The number of nitrogens with zero attached hydrogens (tertiary/aromatic N) is 1. The van der Waals surface area contributed by atoms with Crippen LogP contribution in [-0.2, 0) is 13.3 Å². The van der Waals surface area contributed by atoms with Crippen LogP contribution in [0.15, 0.2) is 0 Å². The van der Waals surface area contributed by atoms with Gasteiger partial charge in [-0.25, -0.2) is 0 Å². The van der Waals surface area contributed by atoms with E-state index in [2.05, 4.69) is 11.8 Å². The Morgan fingerprint density at radius 3 is 2.21 bits per heavy atom. The summed E-state index contributed by atoms with van der Waals surface area (Å²) in [6, 6.07) is 0. The SMILES string of the molecule is CCCCCCCN1CCCC1[Si](OC)(OC)OC. The van der Waals surface area contributed by atoms with Crippen LogP contribution < -0.4 is 0 Å². The lowest BCUT2D eigenvalue weighted by molar-refractivity contribution is 0.0853. The first-order chi connectivity index (χ1) is 9.24. The molecular weight excluding hydrogens is 258 g/mol. The largest absolute Gasteiger partial charge is 0.518 e. The van der Waals surface area contributed by atoms with Gasteiger partial charge in [-0.1, -0.05) is 32.6 Å². The Labute approximate surface area is 119 Å². The van der Waals surface area contributed by atoms with Crippen LogP contribution in [-0.4, -0.2) is 53.8 Å². The van der Waals surface area contributed by atoms with Gasteiger partial charge in [-0.15, -0.1) is 0 Å². The Kier molecular flexibility index (Phi) is 8.17. The summed E-state index contributed by atoms with van der Waals surface area (Å²) in [4.78, 5) is 2.52. The second-order valence-corrected chi connectivity index (χ2v) is 8.42. The molecule has 0 aliphatic carbocycles. The average molecular weight is 289 g/mol. The van der Waals surface area contributed by atoms with Crippen LogP contribution >= 0.6 is 0 Å². The van der Waals surface area contributed by atoms with Crippen molar-refractivity contribution in [2.75, 3.05) is 34.4 Å². The molecule has 0 spiro atoms. The second kappa shape index (κ2) is 9.08. The maximum atomic E-state index is 5.65. The van der Waals surface area contributed by atoms with E-state index in [1.165, 1.54) is 38.5 Å². The Morgan fingerprint density at radius 2 is 1.63 bits per heavy atom. The minimum atomic E-state index is -2.50. The van der Waals surface area contributed by atoms with Crippen LogP contribution in [0.3, 0.4) is 0 Å². The molecular formula is C14H31NO3Si. The third-order valence-corrected chi connectivity index (χ3v) is 7.35. The summed E-state index contributed by atoms with van der Waals surface area (Å²) in [6.45, 7) is 4.56. The molecule has 114 valence electrons. The van der Waals surface area contributed by atoms with Gasteiger partial charge in [0, 0.05) is 21.3 Å². The van der Waals surface area contributed by atoms with Crippen molar-refractivity contribution >= 4 is 8.80 Å². The Hall–Kier alpha value is 0.0569. The first kappa shape index (κ1) is 17.1. The molecule has 0 aromatic carbocycles. The van der Waals surface area contributed by atoms with Gasteiger partial charge in [0.25, 0.3) is 0 Å². The van der Waals surface area contributed by atoms with Crippen molar-refractivity contribution in [2.24, 2.45) is 0 Å². The molecule has 4 nitrogen and oxygen atoms in total. The molecule has 0 saturated carbocycles. The summed E-state index contributed by atoms with van der Waals surface area (Å²) in [6.07, 6.45) is 8.99. The maximum Gasteiger partial charge on any atom is 0.518 e. The van der Waals surface area contributed by atoms with Gasteiger partial charge in [0.1, 0.15) is 0 Å². The molecule has 0 amide bonds. The highest BCUT2D eigenvalue weighted by atomic mass is 28.4. The molecule has 0 radical (unpaired) electrons. The fourth-order valence-corrected chi connectivity index (χ4v) is 5.65. The highest BCUT2D eigenvalue weighted by molar-refractivity contribution is 6.62. The van der Waals surface area contributed by atoms with E-state index in [-0.39, 0.29) is 0 Å². The Bertz CT molecular complexity index is 228. The molecule has 1 rings (SSSR count). The molecule has 1 fully saturated rings. The molecule has 5 heteroatoms. The number of hydrogen-bond donors (Lipinski definition) is 0. The molecule has 0 aromatic rings. The zero-order chi connectivity index (χ0) is 14.1. The normalized spacial score (nSPS) is 21.2. The van der Waals surface area contributed by atoms with Crippen molar-refractivity contribution in [3.05, 3.63) is 0 Å². The lowest BCUT2D eigenvalue weighted by atomic mass is 10.1. The third-order valence-electron chi connectivity index (χ3n) is 4.17. The molecule has 0 aromatic heterocycles. The summed E-state index contributed by atoms with van der Waals surface area (Å²) >= 11 is 0. The van der Waals surface area contributed by atoms with Gasteiger partial charge in [-0.05, 0) is 32.4 Å². The van der Waals surface area contributed by atoms with Gasteiger partial charge in [-0.3, -0.25) is 4.90 Å². The number of likely N-dealkylation sites (tertiary alicyclic amines) is 1. The van der Waals surface area contributed by atoms with Crippen LogP contribution in [0.4, 0.5) is 0 Å². The smallest absolute Gasteiger partial charge is 0.376 e. The van der Waals surface area contributed by atoms with Crippen LogP contribution in [0.2, 0.25) is 0 Å². The van der Waals surface area contributed by atoms with Crippen LogP contribution in [0.1, 0.15) is 51.9 Å². The van der Waals surface area contributed by atoms with Crippen molar-refractivity contribution in [1.82, 2.24) is 4.90 Å². The minimum absolute atomic E-state index is 0.346. The van der Waals surface area contributed by atoms with Gasteiger partial charge >= 0.3 is 8.80 Å². The summed E-state index contributed by atoms with van der Waals surface area (Å²) in [7, 11) is 2.66. The Morgan fingerprint density at radius 1 is 1.00 bits per heavy atom. The minimum Gasteiger partial charge on any atom is -0.376 e. The van der Waals surface area contributed by atoms with E-state index in [4.69, 9.17) is 13.3 Å². The van der Waals surface area contributed by atoms with Crippen molar-refractivity contribution in [3.8, 4) is 0 Å². The van der Waals surface area contributed by atoms with Crippen molar-refractivity contribution in [1.29, 1.82) is 0 Å². The van der Waals surface area contributed by atoms with Crippen LogP contribution in [0.25, 0.3) is 0 Å². The summed E-state index contributed by atoms with van der Waals surface area (Å²) in [5.74, 6) is 0. The fourth-order valence-electron chi connectivity index (χ4n) is 3.07. The van der Waals surface area contributed by atoms with Gasteiger partial charge < -0.3 is 13.3 Å². The van der Waals surface area contributed by atoms with E-state index in [9.17, 15) is 0 Å². The Balaban J connectivity index is 2.44. The molecule has 1 atom stereocenters. The topological polar surface area (TPSA) is 30.9 Å². The zero-order valence-corrected chi connectivity index (χ0v) is 14.1. The van der Waals surface area contributed by atoms with E-state index >= 15 is 0 Å². The zero-order valence-electron chi connectivity index (χ0n) is 13.1. The van der Waals surface area contributed by atoms with E-state index in [1.807, 2.05) is 0 Å². The van der Waals surface area contributed by atoms with E-state index in [0.717, 1.165) is 19.5 Å². The third kappa shape index (κ3) is 4.53. The van der Waals surface area contributed by atoms with Crippen LogP contribution in [0, 0.1) is 0 Å². The monoisotopic (exact) mass is 289 g/mol. The quantitative estimate of drug-likeness (QED) is 0.457. The maximum absolute atomic E-state index is 5.65. The van der Waals surface area contributed by atoms with E-state index in [1.54, 1.807) is 21.3 Å². The van der Waals surface area contributed by atoms with Gasteiger partial charge in [0.2, 0.25) is 0 Å². The van der Waals surface area contributed by atoms with Crippen LogP contribution in [0.5, 0.6) is 0 Å². The average Bonchev–Trinajstić information content (AvgIpc) is 2.90. The summed E-state index contributed by atoms with van der Waals surface area (Å²) in [5.41, 5.74) is 0.346. The molecule has 1 aliphatic rings. The molecule has 0 bridgehead atoms. The van der Waals surface area contributed by atoms with Crippen molar-refractivity contribution < 1.29 is 13.3 Å². The fraction of sp³-hybridized carbons (Fsp3) is 1.00. The van der Waals surface area contributed by atoms with Gasteiger partial charge in [-0.2, -0.15) is 0 Å². The van der Waals surface area contributed by atoms with E-state index < -0.39 is 8.80 Å². The molecule has 1 saturated heterocycles. The summed E-state index contributed by atoms with van der Waals surface area (Å²) < 4.78 is 16.9. The summed E-state index contributed by atoms with van der Waals surface area (Å²) in [5, 5.41) is 0. The van der Waals surface area contributed by atoms with Gasteiger partial charge in [0.05, 0.1) is 5.67 Å². The standard InChI is InChI=1S/C14H31NO3Si/c1-5-6-7-8-9-12-15-13-10-11-14(15)19(16-2,17-3)18-4/h14H,5-13H2,1-4H3. The molecule has 0 N–H and O–H groups in total. The van der Waals surface area contributed by atoms with Crippen molar-refractivity contribution in [3.63, 3.8) is 0 Å². The molecule has 19 heavy (non-hydrogen) atoms. The predicted molar refractivity (Wildman–Crippen MR) is 80.1 cm³/mol. The molecule has 1 aliphatic heterocycles. The number of rotatable bonds is 10. The second-order valence-electron chi connectivity index (χ2n) is 5.32. The number of unbranched alkanes of at least 4 members (excludes halogenated alkanes) is 4.